The molecule has 0 spiro atoms. The van der Waals surface area contributed by atoms with Gasteiger partial charge in [-0.15, -0.1) is 0 Å². The Morgan fingerprint density at radius 1 is 1.30 bits per heavy atom. The first-order valence-corrected chi connectivity index (χ1v) is 7.44. The standard InChI is InChI=1S/C14H20BrF2NO2/c1-2-7-19-8-3-6-18-10-11-9-12(15)4-5-13(11)20-14(16)17/h4-5,9,14,18H,2-3,6-8,10H2,1H3. The van der Waals surface area contributed by atoms with E-state index in [0.29, 0.717) is 18.7 Å². The molecule has 1 aromatic rings. The predicted octanol–water partition coefficient (Wildman–Crippen LogP) is 3.96. The summed E-state index contributed by atoms with van der Waals surface area (Å²) in [6, 6.07) is 5.00. The second-order valence-corrected chi connectivity index (χ2v) is 5.19. The van der Waals surface area contributed by atoms with Crippen molar-refractivity contribution in [1.82, 2.24) is 5.32 Å². The van der Waals surface area contributed by atoms with Crippen LogP contribution in [0.2, 0.25) is 0 Å². The van der Waals surface area contributed by atoms with Gasteiger partial charge in [-0.25, -0.2) is 0 Å². The summed E-state index contributed by atoms with van der Waals surface area (Å²) in [7, 11) is 0. The highest BCUT2D eigenvalue weighted by Crippen LogP contribution is 2.24. The zero-order valence-electron chi connectivity index (χ0n) is 11.5. The highest BCUT2D eigenvalue weighted by Gasteiger charge is 2.09. The molecule has 6 heteroatoms. The second-order valence-electron chi connectivity index (χ2n) is 4.27. The minimum absolute atomic E-state index is 0.206. The molecule has 0 aliphatic rings. The molecular formula is C14H20BrF2NO2. The summed E-state index contributed by atoms with van der Waals surface area (Å²) >= 11 is 3.32. The lowest BCUT2D eigenvalue weighted by Gasteiger charge is -2.12. The molecule has 114 valence electrons. The molecule has 0 saturated heterocycles. The van der Waals surface area contributed by atoms with Crippen LogP contribution in [0, 0.1) is 0 Å². The van der Waals surface area contributed by atoms with E-state index in [2.05, 4.69) is 32.9 Å². The molecule has 0 aromatic heterocycles. The zero-order chi connectivity index (χ0) is 14.8. The lowest BCUT2D eigenvalue weighted by molar-refractivity contribution is -0.0505. The van der Waals surface area contributed by atoms with Crippen molar-refractivity contribution < 1.29 is 18.3 Å². The van der Waals surface area contributed by atoms with Gasteiger partial charge >= 0.3 is 6.61 Å². The molecule has 1 N–H and O–H groups in total. The molecule has 3 nitrogen and oxygen atoms in total. The Morgan fingerprint density at radius 3 is 2.80 bits per heavy atom. The number of hydrogen-bond donors (Lipinski definition) is 1. The fraction of sp³-hybridized carbons (Fsp3) is 0.571. The van der Waals surface area contributed by atoms with E-state index in [1.807, 2.05) is 0 Å². The Balaban J connectivity index is 2.36. The fourth-order valence-electron chi connectivity index (χ4n) is 1.67. The van der Waals surface area contributed by atoms with Crippen molar-refractivity contribution in [3.63, 3.8) is 0 Å². The summed E-state index contributed by atoms with van der Waals surface area (Å²) in [5.41, 5.74) is 0.703. The van der Waals surface area contributed by atoms with Crippen molar-refractivity contribution in [2.45, 2.75) is 32.9 Å². The summed E-state index contributed by atoms with van der Waals surface area (Å²) in [5, 5.41) is 3.19. The van der Waals surface area contributed by atoms with Crippen LogP contribution in [0.3, 0.4) is 0 Å². The van der Waals surface area contributed by atoms with Crippen LogP contribution in [-0.4, -0.2) is 26.4 Å². The van der Waals surface area contributed by atoms with Crippen molar-refractivity contribution in [3.05, 3.63) is 28.2 Å². The molecule has 0 heterocycles. The lowest BCUT2D eigenvalue weighted by Crippen LogP contribution is -2.17. The van der Waals surface area contributed by atoms with Gasteiger partial charge in [-0.3, -0.25) is 0 Å². The van der Waals surface area contributed by atoms with E-state index in [4.69, 9.17) is 4.74 Å². The minimum atomic E-state index is -2.81. The number of rotatable bonds is 10. The molecule has 0 aliphatic heterocycles. The molecule has 0 saturated carbocycles. The van der Waals surface area contributed by atoms with E-state index in [1.54, 1.807) is 12.1 Å². The van der Waals surface area contributed by atoms with Crippen LogP contribution in [-0.2, 0) is 11.3 Å². The van der Waals surface area contributed by atoms with Gasteiger partial charge in [0.1, 0.15) is 5.75 Å². The summed E-state index contributed by atoms with van der Waals surface area (Å²) in [6.07, 6.45) is 1.90. The molecule has 0 radical (unpaired) electrons. The van der Waals surface area contributed by atoms with Crippen molar-refractivity contribution in [2.75, 3.05) is 19.8 Å². The summed E-state index contributed by atoms with van der Waals surface area (Å²) in [5.74, 6) is 0.206. The largest absolute Gasteiger partial charge is 0.434 e. The summed E-state index contributed by atoms with van der Waals surface area (Å²) in [4.78, 5) is 0. The van der Waals surface area contributed by atoms with Gasteiger partial charge in [-0.05, 0) is 37.6 Å². The molecule has 1 aromatic carbocycles. The molecule has 0 atom stereocenters. The molecule has 1 rings (SSSR count). The minimum Gasteiger partial charge on any atom is -0.434 e. The van der Waals surface area contributed by atoms with Gasteiger partial charge in [0.15, 0.2) is 0 Å². The first-order chi connectivity index (χ1) is 9.63. The Bertz CT molecular complexity index is 391. The number of nitrogens with one attached hydrogen (secondary N) is 1. The van der Waals surface area contributed by atoms with Gasteiger partial charge in [0.05, 0.1) is 0 Å². The lowest BCUT2D eigenvalue weighted by atomic mass is 10.2. The first-order valence-electron chi connectivity index (χ1n) is 6.65. The quantitative estimate of drug-likeness (QED) is 0.647. The van der Waals surface area contributed by atoms with Crippen LogP contribution in [0.25, 0.3) is 0 Å². The molecule has 0 bridgehead atoms. The molecule has 0 amide bonds. The van der Waals surface area contributed by atoms with Crippen molar-refractivity contribution in [1.29, 1.82) is 0 Å². The number of halogens is 3. The van der Waals surface area contributed by atoms with Crippen LogP contribution in [0.15, 0.2) is 22.7 Å². The van der Waals surface area contributed by atoms with Crippen LogP contribution in [0.5, 0.6) is 5.75 Å². The fourth-order valence-corrected chi connectivity index (χ4v) is 2.07. The molecule has 20 heavy (non-hydrogen) atoms. The maximum absolute atomic E-state index is 12.3. The van der Waals surface area contributed by atoms with E-state index < -0.39 is 6.61 Å². The Labute approximate surface area is 126 Å². The maximum atomic E-state index is 12.3. The van der Waals surface area contributed by atoms with E-state index in [-0.39, 0.29) is 5.75 Å². The monoisotopic (exact) mass is 351 g/mol. The third kappa shape index (κ3) is 7.17. The van der Waals surface area contributed by atoms with Gasteiger partial charge in [0.2, 0.25) is 0 Å². The Hall–Kier alpha value is -0.720. The highest BCUT2D eigenvalue weighted by atomic mass is 79.9. The van der Waals surface area contributed by atoms with Crippen molar-refractivity contribution in [2.24, 2.45) is 0 Å². The smallest absolute Gasteiger partial charge is 0.387 e. The summed E-state index contributed by atoms with van der Waals surface area (Å²) < 4.78 is 35.3. The SMILES string of the molecule is CCCOCCCNCc1cc(Br)ccc1OC(F)F. The van der Waals surface area contributed by atoms with E-state index in [1.165, 1.54) is 6.07 Å². The number of hydrogen-bond acceptors (Lipinski definition) is 3. The molecule has 0 aliphatic carbocycles. The number of alkyl halides is 2. The molecular weight excluding hydrogens is 332 g/mol. The predicted molar refractivity (Wildman–Crippen MR) is 78.2 cm³/mol. The highest BCUT2D eigenvalue weighted by molar-refractivity contribution is 9.10. The van der Waals surface area contributed by atoms with Gasteiger partial charge in [0.25, 0.3) is 0 Å². The van der Waals surface area contributed by atoms with E-state index in [9.17, 15) is 8.78 Å². The number of ether oxygens (including phenoxy) is 2. The van der Waals surface area contributed by atoms with E-state index in [0.717, 1.165) is 30.5 Å². The van der Waals surface area contributed by atoms with Crippen molar-refractivity contribution in [3.8, 4) is 5.75 Å². The Morgan fingerprint density at radius 2 is 2.10 bits per heavy atom. The average molecular weight is 352 g/mol. The van der Waals surface area contributed by atoms with Gasteiger partial charge < -0.3 is 14.8 Å². The molecule has 0 unspecified atom stereocenters. The van der Waals surface area contributed by atoms with Crippen molar-refractivity contribution >= 4 is 15.9 Å². The summed E-state index contributed by atoms with van der Waals surface area (Å²) in [6.45, 7) is 1.99. The van der Waals surface area contributed by atoms with Gasteiger partial charge in [-0.2, -0.15) is 8.78 Å². The average Bonchev–Trinajstić information content (AvgIpc) is 2.40. The zero-order valence-corrected chi connectivity index (χ0v) is 13.1. The topological polar surface area (TPSA) is 30.5 Å². The van der Waals surface area contributed by atoms with Crippen LogP contribution >= 0.6 is 15.9 Å². The maximum Gasteiger partial charge on any atom is 0.387 e. The third-order valence-corrected chi connectivity index (χ3v) is 3.04. The van der Waals surface area contributed by atoms with Crippen LogP contribution in [0.4, 0.5) is 8.78 Å². The van der Waals surface area contributed by atoms with Gasteiger partial charge in [-0.1, -0.05) is 22.9 Å². The van der Waals surface area contributed by atoms with Crippen LogP contribution < -0.4 is 10.1 Å². The third-order valence-electron chi connectivity index (χ3n) is 2.54. The van der Waals surface area contributed by atoms with E-state index >= 15 is 0 Å². The molecule has 0 fully saturated rings. The van der Waals surface area contributed by atoms with Gasteiger partial charge in [0, 0.05) is 29.8 Å². The normalized spacial score (nSPS) is 11.1. The Kier molecular flexibility index (Phi) is 8.73. The first kappa shape index (κ1) is 17.3. The second kappa shape index (κ2) is 10.1. The number of benzene rings is 1. The van der Waals surface area contributed by atoms with Crippen LogP contribution in [0.1, 0.15) is 25.3 Å².